The summed E-state index contributed by atoms with van der Waals surface area (Å²) in [6, 6.07) is 7.62. The molecule has 0 bridgehead atoms. The van der Waals surface area contributed by atoms with Gasteiger partial charge in [-0.25, -0.2) is 0 Å². The lowest BCUT2D eigenvalue weighted by atomic mass is 10.0. The van der Waals surface area contributed by atoms with E-state index in [0.29, 0.717) is 39.1 Å². The van der Waals surface area contributed by atoms with Gasteiger partial charge in [0.2, 0.25) is 11.8 Å². The molecule has 3 rings (SSSR count). The molecule has 0 aromatic heterocycles. The summed E-state index contributed by atoms with van der Waals surface area (Å²) in [6.45, 7) is 3.95. The highest BCUT2D eigenvalue weighted by Crippen LogP contribution is 2.31. The molecular weight excluding hydrogens is 334 g/mol. The predicted molar refractivity (Wildman–Crippen MR) is 99.2 cm³/mol. The van der Waals surface area contributed by atoms with Crippen LogP contribution in [0.25, 0.3) is 0 Å². The van der Waals surface area contributed by atoms with Crippen molar-refractivity contribution in [2.45, 2.75) is 25.6 Å². The minimum atomic E-state index is -0.501. The van der Waals surface area contributed by atoms with Crippen LogP contribution in [-0.2, 0) is 19.1 Å². The fourth-order valence-corrected chi connectivity index (χ4v) is 3.43. The largest absolute Gasteiger partial charge is 0.378 e. The third-order valence-electron chi connectivity index (χ3n) is 5.04. The Morgan fingerprint density at radius 1 is 1.04 bits per heavy atom. The average Bonchev–Trinajstić information content (AvgIpc) is 3.08. The summed E-state index contributed by atoms with van der Waals surface area (Å²) in [6.07, 6.45) is 1.35. The van der Waals surface area contributed by atoms with Gasteiger partial charge in [0.25, 0.3) is 0 Å². The van der Waals surface area contributed by atoms with Crippen molar-refractivity contribution >= 4 is 23.2 Å². The summed E-state index contributed by atoms with van der Waals surface area (Å²) in [7, 11) is 3.92. The highest BCUT2D eigenvalue weighted by atomic mass is 16.7. The van der Waals surface area contributed by atoms with Crippen molar-refractivity contribution in [3.8, 4) is 0 Å². The van der Waals surface area contributed by atoms with Gasteiger partial charge in [0.1, 0.15) is 6.54 Å². The Hall–Kier alpha value is -2.12. The summed E-state index contributed by atoms with van der Waals surface area (Å²) in [5.74, 6) is -0.699. The third-order valence-corrected chi connectivity index (χ3v) is 5.04. The second kappa shape index (κ2) is 7.63. The molecule has 2 aliphatic heterocycles. The van der Waals surface area contributed by atoms with E-state index in [1.165, 1.54) is 11.8 Å². The molecule has 142 valence electrons. The van der Waals surface area contributed by atoms with E-state index in [2.05, 4.69) is 0 Å². The first kappa shape index (κ1) is 18.7. The number of rotatable bonds is 4. The van der Waals surface area contributed by atoms with Crippen molar-refractivity contribution in [2.75, 3.05) is 56.7 Å². The van der Waals surface area contributed by atoms with Crippen LogP contribution in [0.1, 0.15) is 19.8 Å². The SMILES string of the molecule is CC(=O)N(CC(=O)N1CCC2(CC1)OCCO2)c1ccc(N(C)C)cc1. The molecular formula is C19H27N3O4. The lowest BCUT2D eigenvalue weighted by Crippen LogP contribution is -2.50. The van der Waals surface area contributed by atoms with Gasteiger partial charge in [-0.1, -0.05) is 0 Å². The molecule has 7 nitrogen and oxygen atoms in total. The Bertz CT molecular complexity index is 643. The molecule has 0 saturated carbocycles. The Labute approximate surface area is 154 Å². The van der Waals surface area contributed by atoms with Crippen LogP contribution in [-0.4, -0.2) is 69.4 Å². The van der Waals surface area contributed by atoms with E-state index in [4.69, 9.17) is 9.47 Å². The summed E-state index contributed by atoms with van der Waals surface area (Å²) in [5.41, 5.74) is 1.77. The van der Waals surface area contributed by atoms with Gasteiger partial charge in [-0.15, -0.1) is 0 Å². The molecule has 0 atom stereocenters. The smallest absolute Gasteiger partial charge is 0.242 e. The maximum atomic E-state index is 12.7. The second-order valence-electron chi connectivity index (χ2n) is 7.00. The molecule has 26 heavy (non-hydrogen) atoms. The number of carbonyl (C=O) groups excluding carboxylic acids is 2. The number of carbonyl (C=O) groups is 2. The van der Waals surface area contributed by atoms with Gasteiger partial charge in [-0.05, 0) is 24.3 Å². The Kier molecular flexibility index (Phi) is 5.48. The fourth-order valence-electron chi connectivity index (χ4n) is 3.43. The first-order chi connectivity index (χ1) is 12.4. The third kappa shape index (κ3) is 3.99. The Morgan fingerprint density at radius 2 is 1.58 bits per heavy atom. The first-order valence-corrected chi connectivity index (χ1v) is 9.01. The highest BCUT2D eigenvalue weighted by Gasteiger charge is 2.40. The van der Waals surface area contributed by atoms with E-state index >= 15 is 0 Å². The zero-order chi connectivity index (χ0) is 18.7. The number of hydrogen-bond acceptors (Lipinski definition) is 5. The van der Waals surface area contributed by atoms with E-state index in [9.17, 15) is 9.59 Å². The number of hydrogen-bond donors (Lipinski definition) is 0. The van der Waals surface area contributed by atoms with Crippen molar-refractivity contribution in [1.29, 1.82) is 0 Å². The Balaban J connectivity index is 1.62. The number of piperidine rings is 1. The molecule has 1 spiro atoms. The van der Waals surface area contributed by atoms with Gasteiger partial charge in [0.15, 0.2) is 5.79 Å². The van der Waals surface area contributed by atoms with Crippen LogP contribution in [0, 0.1) is 0 Å². The van der Waals surface area contributed by atoms with Gasteiger partial charge in [0, 0.05) is 58.3 Å². The Morgan fingerprint density at radius 3 is 2.08 bits per heavy atom. The summed E-state index contributed by atoms with van der Waals surface area (Å²) in [5, 5.41) is 0. The van der Waals surface area contributed by atoms with Crippen LogP contribution >= 0.6 is 0 Å². The maximum absolute atomic E-state index is 12.7. The summed E-state index contributed by atoms with van der Waals surface area (Å²) < 4.78 is 11.4. The number of benzene rings is 1. The molecule has 0 unspecified atom stereocenters. The summed E-state index contributed by atoms with van der Waals surface area (Å²) in [4.78, 5) is 30.1. The van der Waals surface area contributed by atoms with E-state index in [1.807, 2.05) is 43.3 Å². The van der Waals surface area contributed by atoms with Gasteiger partial charge >= 0.3 is 0 Å². The summed E-state index contributed by atoms with van der Waals surface area (Å²) >= 11 is 0. The molecule has 1 aromatic carbocycles. The maximum Gasteiger partial charge on any atom is 0.242 e. The monoisotopic (exact) mass is 361 g/mol. The van der Waals surface area contributed by atoms with E-state index in [-0.39, 0.29) is 18.4 Å². The number of anilines is 2. The topological polar surface area (TPSA) is 62.3 Å². The van der Waals surface area contributed by atoms with Crippen LogP contribution < -0.4 is 9.80 Å². The number of likely N-dealkylation sites (tertiary alicyclic amines) is 1. The molecule has 1 aromatic rings. The van der Waals surface area contributed by atoms with Crippen molar-refractivity contribution in [2.24, 2.45) is 0 Å². The minimum Gasteiger partial charge on any atom is -0.378 e. The van der Waals surface area contributed by atoms with Crippen molar-refractivity contribution < 1.29 is 19.1 Å². The normalized spacial score (nSPS) is 18.8. The van der Waals surface area contributed by atoms with Gasteiger partial charge in [-0.3, -0.25) is 9.59 Å². The molecule has 0 N–H and O–H groups in total. The van der Waals surface area contributed by atoms with Crippen molar-refractivity contribution in [3.05, 3.63) is 24.3 Å². The number of nitrogens with zero attached hydrogens (tertiary/aromatic N) is 3. The number of ether oxygens (including phenoxy) is 2. The van der Waals surface area contributed by atoms with Gasteiger partial charge < -0.3 is 24.2 Å². The molecule has 2 fully saturated rings. The average molecular weight is 361 g/mol. The van der Waals surface area contributed by atoms with Crippen molar-refractivity contribution in [3.63, 3.8) is 0 Å². The molecule has 2 amide bonds. The second-order valence-corrected chi connectivity index (χ2v) is 7.00. The molecule has 0 aliphatic carbocycles. The quantitative estimate of drug-likeness (QED) is 0.813. The van der Waals surface area contributed by atoms with E-state index < -0.39 is 5.79 Å². The number of amides is 2. The van der Waals surface area contributed by atoms with Crippen LogP contribution in [0.5, 0.6) is 0 Å². The zero-order valence-corrected chi connectivity index (χ0v) is 15.7. The lowest BCUT2D eigenvalue weighted by Gasteiger charge is -2.38. The fraction of sp³-hybridized carbons (Fsp3) is 0.579. The first-order valence-electron chi connectivity index (χ1n) is 9.01. The van der Waals surface area contributed by atoms with E-state index in [1.54, 1.807) is 4.90 Å². The van der Waals surface area contributed by atoms with Crippen LogP contribution in [0.15, 0.2) is 24.3 Å². The highest BCUT2D eigenvalue weighted by molar-refractivity contribution is 5.97. The molecule has 7 heteroatoms. The lowest BCUT2D eigenvalue weighted by molar-refractivity contribution is -0.187. The molecule has 0 radical (unpaired) electrons. The van der Waals surface area contributed by atoms with Crippen LogP contribution in [0.2, 0.25) is 0 Å². The van der Waals surface area contributed by atoms with Crippen LogP contribution in [0.4, 0.5) is 11.4 Å². The van der Waals surface area contributed by atoms with Gasteiger partial charge in [-0.2, -0.15) is 0 Å². The predicted octanol–water partition coefficient (Wildman–Crippen LogP) is 1.47. The molecule has 2 heterocycles. The zero-order valence-electron chi connectivity index (χ0n) is 15.7. The standard InChI is InChI=1S/C19H27N3O4/c1-15(23)22(17-6-4-16(5-7-17)20(2)3)14-18(24)21-10-8-19(9-11-21)25-12-13-26-19/h4-7H,8-14H2,1-3H3. The molecule has 2 aliphatic rings. The van der Waals surface area contributed by atoms with Crippen molar-refractivity contribution in [1.82, 2.24) is 4.90 Å². The van der Waals surface area contributed by atoms with Gasteiger partial charge in [0.05, 0.1) is 13.2 Å². The minimum absolute atomic E-state index is 0.0470. The molecule has 2 saturated heterocycles. The van der Waals surface area contributed by atoms with Crippen LogP contribution in [0.3, 0.4) is 0 Å². The van der Waals surface area contributed by atoms with E-state index in [0.717, 1.165) is 11.4 Å².